The standard InChI is InChI=1S/C14H19N3O/c1-10(18)9-15-7-6-12-4-5-14-13(8-12)16-11(2)17(14)3/h4-5,8,15H,6-7,9H2,1-3H3. The summed E-state index contributed by atoms with van der Waals surface area (Å²) in [7, 11) is 2.03. The van der Waals surface area contributed by atoms with Crippen LogP contribution in [0.15, 0.2) is 18.2 Å². The third-order valence-electron chi connectivity index (χ3n) is 3.13. The monoisotopic (exact) mass is 245 g/mol. The van der Waals surface area contributed by atoms with E-state index < -0.39 is 0 Å². The summed E-state index contributed by atoms with van der Waals surface area (Å²) < 4.78 is 2.09. The summed E-state index contributed by atoms with van der Waals surface area (Å²) in [6, 6.07) is 6.35. The van der Waals surface area contributed by atoms with E-state index in [9.17, 15) is 4.79 Å². The molecule has 0 bridgehead atoms. The Morgan fingerprint density at radius 3 is 2.94 bits per heavy atom. The first-order valence-corrected chi connectivity index (χ1v) is 6.20. The van der Waals surface area contributed by atoms with Gasteiger partial charge in [-0.2, -0.15) is 0 Å². The molecule has 18 heavy (non-hydrogen) atoms. The molecule has 96 valence electrons. The van der Waals surface area contributed by atoms with E-state index in [1.54, 1.807) is 6.92 Å². The second kappa shape index (κ2) is 5.31. The summed E-state index contributed by atoms with van der Waals surface area (Å²) in [6.45, 7) is 4.87. The van der Waals surface area contributed by atoms with Crippen LogP contribution in [-0.4, -0.2) is 28.4 Å². The van der Waals surface area contributed by atoms with Crippen LogP contribution in [0.1, 0.15) is 18.3 Å². The number of carbonyl (C=O) groups is 1. The van der Waals surface area contributed by atoms with Gasteiger partial charge in [-0.05, 0) is 44.5 Å². The highest BCUT2D eigenvalue weighted by atomic mass is 16.1. The van der Waals surface area contributed by atoms with E-state index in [1.807, 2.05) is 14.0 Å². The van der Waals surface area contributed by atoms with Crippen molar-refractivity contribution < 1.29 is 4.79 Å². The number of benzene rings is 1. The van der Waals surface area contributed by atoms with Gasteiger partial charge in [-0.3, -0.25) is 4.79 Å². The SMILES string of the molecule is CC(=O)CNCCc1ccc2c(c1)nc(C)n2C. The number of fused-ring (bicyclic) bond motifs is 1. The molecule has 2 aromatic rings. The zero-order valence-electron chi connectivity index (χ0n) is 11.2. The van der Waals surface area contributed by atoms with Crippen molar-refractivity contribution in [2.75, 3.05) is 13.1 Å². The van der Waals surface area contributed by atoms with Crippen LogP contribution in [0, 0.1) is 6.92 Å². The van der Waals surface area contributed by atoms with E-state index in [-0.39, 0.29) is 5.78 Å². The molecular formula is C14H19N3O. The average molecular weight is 245 g/mol. The predicted molar refractivity (Wildman–Crippen MR) is 72.7 cm³/mol. The van der Waals surface area contributed by atoms with Crippen LogP contribution < -0.4 is 5.32 Å². The summed E-state index contributed by atoms with van der Waals surface area (Å²) >= 11 is 0. The Hall–Kier alpha value is -1.68. The van der Waals surface area contributed by atoms with Crippen LogP contribution in [0.25, 0.3) is 11.0 Å². The molecule has 1 N–H and O–H groups in total. The fraction of sp³-hybridized carbons (Fsp3) is 0.429. The van der Waals surface area contributed by atoms with Crippen molar-refractivity contribution in [2.24, 2.45) is 7.05 Å². The van der Waals surface area contributed by atoms with Gasteiger partial charge < -0.3 is 9.88 Å². The Morgan fingerprint density at radius 2 is 2.22 bits per heavy atom. The Kier molecular flexibility index (Phi) is 3.77. The predicted octanol–water partition coefficient (Wildman–Crippen LogP) is 1.60. The molecule has 0 unspecified atom stereocenters. The smallest absolute Gasteiger partial charge is 0.143 e. The Morgan fingerprint density at radius 1 is 1.44 bits per heavy atom. The maximum Gasteiger partial charge on any atom is 0.143 e. The number of nitrogens with zero attached hydrogens (tertiary/aromatic N) is 2. The number of hydrogen-bond donors (Lipinski definition) is 1. The summed E-state index contributed by atoms with van der Waals surface area (Å²) in [5.74, 6) is 1.20. The Bertz CT molecular complexity index is 572. The van der Waals surface area contributed by atoms with E-state index in [1.165, 1.54) is 5.56 Å². The van der Waals surface area contributed by atoms with Crippen LogP contribution >= 0.6 is 0 Å². The third-order valence-corrected chi connectivity index (χ3v) is 3.13. The minimum absolute atomic E-state index is 0.172. The largest absolute Gasteiger partial charge is 0.331 e. The average Bonchev–Trinajstić information content (AvgIpc) is 2.60. The molecule has 0 aliphatic heterocycles. The number of carbonyl (C=O) groups excluding carboxylic acids is 1. The van der Waals surface area contributed by atoms with Gasteiger partial charge in [0.05, 0.1) is 17.6 Å². The number of rotatable bonds is 5. The second-order valence-electron chi connectivity index (χ2n) is 4.67. The molecule has 0 amide bonds. The zero-order valence-corrected chi connectivity index (χ0v) is 11.2. The van der Waals surface area contributed by atoms with E-state index >= 15 is 0 Å². The van der Waals surface area contributed by atoms with Crippen molar-refractivity contribution in [1.82, 2.24) is 14.9 Å². The molecule has 0 atom stereocenters. The van der Waals surface area contributed by atoms with Gasteiger partial charge in [0.15, 0.2) is 0 Å². The van der Waals surface area contributed by atoms with Crippen LogP contribution in [-0.2, 0) is 18.3 Å². The van der Waals surface area contributed by atoms with Crippen molar-refractivity contribution >= 4 is 16.8 Å². The number of hydrogen-bond acceptors (Lipinski definition) is 3. The highest BCUT2D eigenvalue weighted by Crippen LogP contribution is 2.16. The molecule has 0 aliphatic carbocycles. The van der Waals surface area contributed by atoms with Crippen molar-refractivity contribution in [1.29, 1.82) is 0 Å². The van der Waals surface area contributed by atoms with E-state index in [2.05, 4.69) is 33.1 Å². The van der Waals surface area contributed by atoms with Crippen LogP contribution in [0.5, 0.6) is 0 Å². The first kappa shape index (κ1) is 12.8. The van der Waals surface area contributed by atoms with Gasteiger partial charge >= 0.3 is 0 Å². The van der Waals surface area contributed by atoms with Gasteiger partial charge in [0, 0.05) is 7.05 Å². The molecule has 1 aromatic heterocycles. The lowest BCUT2D eigenvalue weighted by Crippen LogP contribution is -2.23. The van der Waals surface area contributed by atoms with Gasteiger partial charge in [0.2, 0.25) is 0 Å². The number of Topliss-reactive ketones (excluding diaryl/α,β-unsaturated/α-hetero) is 1. The first-order valence-electron chi connectivity index (χ1n) is 6.20. The number of aromatic nitrogens is 2. The van der Waals surface area contributed by atoms with Crippen molar-refractivity contribution in [3.63, 3.8) is 0 Å². The highest BCUT2D eigenvalue weighted by Gasteiger charge is 2.04. The van der Waals surface area contributed by atoms with Gasteiger partial charge in [0.25, 0.3) is 0 Å². The lowest BCUT2D eigenvalue weighted by Gasteiger charge is -2.03. The van der Waals surface area contributed by atoms with E-state index in [4.69, 9.17) is 0 Å². The highest BCUT2D eigenvalue weighted by molar-refractivity contribution is 5.77. The normalized spacial score (nSPS) is 11.1. The van der Waals surface area contributed by atoms with Crippen LogP contribution in [0.4, 0.5) is 0 Å². The van der Waals surface area contributed by atoms with Gasteiger partial charge in [-0.1, -0.05) is 6.07 Å². The van der Waals surface area contributed by atoms with Crippen molar-refractivity contribution in [3.05, 3.63) is 29.6 Å². The van der Waals surface area contributed by atoms with Crippen molar-refractivity contribution in [3.8, 4) is 0 Å². The van der Waals surface area contributed by atoms with Gasteiger partial charge in [0.1, 0.15) is 11.6 Å². The van der Waals surface area contributed by atoms with E-state index in [0.29, 0.717) is 6.54 Å². The summed E-state index contributed by atoms with van der Waals surface area (Å²) in [6.07, 6.45) is 0.916. The third kappa shape index (κ3) is 2.76. The molecule has 0 fully saturated rings. The van der Waals surface area contributed by atoms with Gasteiger partial charge in [-0.25, -0.2) is 4.98 Å². The fourth-order valence-electron chi connectivity index (χ4n) is 2.02. The number of ketones is 1. The van der Waals surface area contributed by atoms with Gasteiger partial charge in [-0.15, -0.1) is 0 Å². The second-order valence-corrected chi connectivity index (χ2v) is 4.67. The molecule has 2 rings (SSSR count). The summed E-state index contributed by atoms with van der Waals surface area (Å²) in [4.78, 5) is 15.3. The molecule has 0 aliphatic rings. The number of nitrogens with one attached hydrogen (secondary N) is 1. The quantitative estimate of drug-likeness (QED) is 0.814. The summed E-state index contributed by atoms with van der Waals surface area (Å²) in [5, 5.41) is 3.12. The maximum atomic E-state index is 10.8. The molecule has 0 saturated carbocycles. The van der Waals surface area contributed by atoms with Crippen LogP contribution in [0.3, 0.4) is 0 Å². The van der Waals surface area contributed by atoms with Crippen LogP contribution in [0.2, 0.25) is 0 Å². The molecular weight excluding hydrogens is 226 g/mol. The fourth-order valence-corrected chi connectivity index (χ4v) is 2.02. The minimum Gasteiger partial charge on any atom is -0.331 e. The minimum atomic E-state index is 0.172. The first-order chi connectivity index (χ1) is 8.58. The van der Waals surface area contributed by atoms with Crippen molar-refractivity contribution in [2.45, 2.75) is 20.3 Å². The summed E-state index contributed by atoms with van der Waals surface area (Å²) in [5.41, 5.74) is 3.45. The zero-order chi connectivity index (χ0) is 13.1. The molecule has 4 heteroatoms. The Balaban J connectivity index is 2.04. The molecule has 4 nitrogen and oxygen atoms in total. The molecule has 0 saturated heterocycles. The Labute approximate surface area is 107 Å². The molecule has 1 aromatic carbocycles. The maximum absolute atomic E-state index is 10.8. The number of imidazole rings is 1. The lowest BCUT2D eigenvalue weighted by atomic mass is 10.1. The molecule has 1 heterocycles. The topological polar surface area (TPSA) is 46.9 Å². The van der Waals surface area contributed by atoms with E-state index in [0.717, 1.165) is 29.8 Å². The number of aryl methyl sites for hydroxylation is 2. The molecule has 0 radical (unpaired) electrons. The lowest BCUT2D eigenvalue weighted by molar-refractivity contribution is -0.116. The molecule has 0 spiro atoms.